The Morgan fingerprint density at radius 2 is 1.85 bits per heavy atom. The Kier molecular flexibility index (Phi) is 5.41. The average molecular weight is 391 g/mol. The lowest BCUT2D eigenvalue weighted by Gasteiger charge is -2.09. The van der Waals surface area contributed by atoms with Crippen molar-refractivity contribution < 1.29 is 17.6 Å². The minimum atomic E-state index is -3.75. The fraction of sp³-hybridized carbons (Fsp3) is 0.0556. The monoisotopic (exact) mass is 390 g/mol. The van der Waals surface area contributed by atoms with Crippen LogP contribution in [0.5, 0.6) is 0 Å². The van der Waals surface area contributed by atoms with Crippen LogP contribution < -0.4 is 10.0 Å². The predicted molar refractivity (Wildman–Crippen MR) is 98.6 cm³/mol. The number of rotatable bonds is 6. The Morgan fingerprint density at radius 1 is 1.04 bits per heavy atom. The maximum absolute atomic E-state index is 12.4. The zero-order chi connectivity index (χ0) is 18.6. The Balaban J connectivity index is 1.75. The molecule has 0 aliphatic rings. The number of sulfonamides is 1. The fourth-order valence-electron chi connectivity index (χ4n) is 2.25. The Morgan fingerprint density at radius 3 is 2.58 bits per heavy atom. The first-order valence-electron chi connectivity index (χ1n) is 7.64. The van der Waals surface area contributed by atoms with Gasteiger partial charge in [-0.2, -0.15) is 0 Å². The number of halogens is 1. The summed E-state index contributed by atoms with van der Waals surface area (Å²) in [7, 11) is -3.75. The number of hydrogen-bond acceptors (Lipinski definition) is 4. The van der Waals surface area contributed by atoms with Crippen LogP contribution in [0.3, 0.4) is 0 Å². The number of benzene rings is 2. The number of carbonyl (C=O) groups is 1. The van der Waals surface area contributed by atoms with Gasteiger partial charge in [0.05, 0.1) is 28.3 Å². The standard InChI is InChI=1S/C18H15ClN2O4S/c19-17-9-2-1-8-16(17)18(22)21-13-5-3-7-15(11-13)26(23,24)20-12-14-6-4-10-25-14/h1-11,20H,12H2,(H,21,22). The minimum Gasteiger partial charge on any atom is -0.468 e. The van der Waals surface area contributed by atoms with Crippen LogP contribution in [-0.2, 0) is 16.6 Å². The van der Waals surface area contributed by atoms with Crippen LogP contribution in [0.15, 0.2) is 76.2 Å². The van der Waals surface area contributed by atoms with Crippen LogP contribution >= 0.6 is 11.6 Å². The van der Waals surface area contributed by atoms with E-state index < -0.39 is 15.9 Å². The van der Waals surface area contributed by atoms with Crippen molar-refractivity contribution in [3.8, 4) is 0 Å². The molecule has 3 aromatic rings. The zero-order valence-corrected chi connectivity index (χ0v) is 15.0. The van der Waals surface area contributed by atoms with Gasteiger partial charge in [-0.3, -0.25) is 4.79 Å². The van der Waals surface area contributed by atoms with Crippen molar-refractivity contribution in [1.82, 2.24) is 4.72 Å². The van der Waals surface area contributed by atoms with E-state index in [4.69, 9.17) is 16.0 Å². The SMILES string of the molecule is O=C(Nc1cccc(S(=O)(=O)NCc2ccco2)c1)c1ccccc1Cl. The molecule has 0 aliphatic carbocycles. The Hall–Kier alpha value is -2.61. The Labute approximate surface area is 155 Å². The molecule has 8 heteroatoms. The molecule has 0 bridgehead atoms. The van der Waals surface area contributed by atoms with E-state index in [9.17, 15) is 13.2 Å². The molecule has 2 aromatic carbocycles. The average Bonchev–Trinajstić information content (AvgIpc) is 3.14. The third-order valence-corrected chi connectivity index (χ3v) is 5.27. The molecule has 0 unspecified atom stereocenters. The molecule has 1 amide bonds. The first kappa shape index (κ1) is 18.2. The highest BCUT2D eigenvalue weighted by Gasteiger charge is 2.16. The first-order chi connectivity index (χ1) is 12.5. The summed E-state index contributed by atoms with van der Waals surface area (Å²) in [6.07, 6.45) is 1.47. The molecule has 134 valence electrons. The molecule has 2 N–H and O–H groups in total. The Bertz CT molecular complexity index is 1020. The summed E-state index contributed by atoms with van der Waals surface area (Å²) >= 11 is 6.00. The molecule has 0 fully saturated rings. The molecular weight excluding hydrogens is 376 g/mol. The van der Waals surface area contributed by atoms with Gasteiger partial charge in [0, 0.05) is 5.69 Å². The van der Waals surface area contributed by atoms with E-state index in [1.54, 1.807) is 48.5 Å². The van der Waals surface area contributed by atoms with Crippen LogP contribution in [0.2, 0.25) is 5.02 Å². The number of anilines is 1. The molecule has 0 saturated heterocycles. The lowest BCUT2D eigenvalue weighted by molar-refractivity contribution is 0.102. The third kappa shape index (κ3) is 4.32. The van der Waals surface area contributed by atoms with E-state index >= 15 is 0 Å². The van der Waals surface area contributed by atoms with Gasteiger partial charge in [0.25, 0.3) is 5.91 Å². The van der Waals surface area contributed by atoms with Crippen LogP contribution in [0.25, 0.3) is 0 Å². The van der Waals surface area contributed by atoms with E-state index in [0.717, 1.165) is 0 Å². The van der Waals surface area contributed by atoms with Gasteiger partial charge in [-0.15, -0.1) is 0 Å². The molecule has 0 aliphatic heterocycles. The second-order valence-electron chi connectivity index (χ2n) is 5.37. The van der Waals surface area contributed by atoms with E-state index in [0.29, 0.717) is 22.0 Å². The van der Waals surface area contributed by atoms with Crippen molar-refractivity contribution in [3.63, 3.8) is 0 Å². The van der Waals surface area contributed by atoms with Crippen molar-refractivity contribution in [2.24, 2.45) is 0 Å². The maximum atomic E-state index is 12.4. The van der Waals surface area contributed by atoms with Gasteiger partial charge in [0.15, 0.2) is 0 Å². The maximum Gasteiger partial charge on any atom is 0.257 e. The third-order valence-electron chi connectivity index (χ3n) is 3.54. The van der Waals surface area contributed by atoms with Gasteiger partial charge >= 0.3 is 0 Å². The molecular formula is C18H15ClN2O4S. The number of carbonyl (C=O) groups excluding carboxylic acids is 1. The zero-order valence-electron chi connectivity index (χ0n) is 13.5. The van der Waals surface area contributed by atoms with Crippen molar-refractivity contribution >= 4 is 33.2 Å². The minimum absolute atomic E-state index is 0.0287. The van der Waals surface area contributed by atoms with Gasteiger partial charge in [0.2, 0.25) is 10.0 Å². The van der Waals surface area contributed by atoms with E-state index in [1.165, 1.54) is 18.4 Å². The summed E-state index contributed by atoms with van der Waals surface area (Å²) in [5, 5.41) is 2.96. The highest BCUT2D eigenvalue weighted by atomic mass is 35.5. The molecule has 6 nitrogen and oxygen atoms in total. The van der Waals surface area contributed by atoms with E-state index in [2.05, 4.69) is 10.0 Å². The second kappa shape index (κ2) is 7.74. The fourth-order valence-corrected chi connectivity index (χ4v) is 3.51. The largest absolute Gasteiger partial charge is 0.468 e. The van der Waals surface area contributed by atoms with E-state index in [1.807, 2.05) is 0 Å². The van der Waals surface area contributed by atoms with Crippen molar-refractivity contribution in [2.75, 3.05) is 5.32 Å². The smallest absolute Gasteiger partial charge is 0.257 e. The molecule has 26 heavy (non-hydrogen) atoms. The van der Waals surface area contributed by atoms with Crippen molar-refractivity contribution in [2.45, 2.75) is 11.4 Å². The highest BCUT2D eigenvalue weighted by molar-refractivity contribution is 7.89. The molecule has 1 heterocycles. The van der Waals surface area contributed by atoms with Crippen molar-refractivity contribution in [3.05, 3.63) is 83.3 Å². The summed E-state index contributed by atoms with van der Waals surface area (Å²) in [6.45, 7) is 0.0333. The van der Waals surface area contributed by atoms with Gasteiger partial charge in [-0.05, 0) is 42.5 Å². The topological polar surface area (TPSA) is 88.4 Å². The van der Waals surface area contributed by atoms with Crippen LogP contribution in [0.1, 0.15) is 16.1 Å². The molecule has 0 atom stereocenters. The van der Waals surface area contributed by atoms with Gasteiger partial charge in [0.1, 0.15) is 5.76 Å². The predicted octanol–water partition coefficient (Wildman–Crippen LogP) is 3.66. The van der Waals surface area contributed by atoms with Crippen molar-refractivity contribution in [1.29, 1.82) is 0 Å². The molecule has 1 aromatic heterocycles. The van der Waals surface area contributed by atoms with Crippen LogP contribution in [0, 0.1) is 0 Å². The summed E-state index contributed by atoms with van der Waals surface area (Å²) in [4.78, 5) is 12.3. The van der Waals surface area contributed by atoms with Gasteiger partial charge in [-0.1, -0.05) is 29.8 Å². The van der Waals surface area contributed by atoms with Gasteiger partial charge in [-0.25, -0.2) is 13.1 Å². The lowest BCUT2D eigenvalue weighted by Crippen LogP contribution is -2.23. The highest BCUT2D eigenvalue weighted by Crippen LogP contribution is 2.19. The number of furan rings is 1. The summed E-state index contributed by atoms with van der Waals surface area (Å²) in [6, 6.07) is 15.9. The number of amides is 1. The summed E-state index contributed by atoms with van der Waals surface area (Å²) < 4.78 is 32.4. The van der Waals surface area contributed by atoms with Crippen LogP contribution in [0.4, 0.5) is 5.69 Å². The molecule has 0 spiro atoms. The molecule has 0 saturated carbocycles. The lowest BCUT2D eigenvalue weighted by atomic mass is 10.2. The summed E-state index contributed by atoms with van der Waals surface area (Å²) in [5.74, 6) is 0.0745. The normalized spacial score (nSPS) is 11.3. The number of hydrogen-bond donors (Lipinski definition) is 2. The van der Waals surface area contributed by atoms with E-state index in [-0.39, 0.29) is 11.4 Å². The van der Waals surface area contributed by atoms with Crippen LogP contribution in [-0.4, -0.2) is 14.3 Å². The quantitative estimate of drug-likeness (QED) is 0.672. The second-order valence-corrected chi connectivity index (χ2v) is 7.54. The molecule has 0 radical (unpaired) electrons. The first-order valence-corrected chi connectivity index (χ1v) is 9.50. The number of nitrogens with one attached hydrogen (secondary N) is 2. The van der Waals surface area contributed by atoms with Gasteiger partial charge < -0.3 is 9.73 Å². The summed E-state index contributed by atoms with van der Waals surface area (Å²) in [5.41, 5.74) is 0.647. The molecule has 3 rings (SSSR count).